The van der Waals surface area contributed by atoms with Gasteiger partial charge in [0.25, 0.3) is 0 Å². The lowest BCUT2D eigenvalue weighted by Gasteiger charge is -2.28. The highest BCUT2D eigenvalue weighted by atomic mass is 16.6. The Balaban J connectivity index is 1.81. The first-order chi connectivity index (χ1) is 10.3. The van der Waals surface area contributed by atoms with Crippen LogP contribution in [0, 0.1) is 0 Å². The summed E-state index contributed by atoms with van der Waals surface area (Å²) in [5.74, 6) is 0. The second kappa shape index (κ2) is 7.18. The van der Waals surface area contributed by atoms with Crippen molar-refractivity contribution in [3.05, 3.63) is 29.8 Å². The van der Waals surface area contributed by atoms with Crippen LogP contribution in [-0.4, -0.2) is 43.6 Å². The summed E-state index contributed by atoms with van der Waals surface area (Å²) in [6.07, 6.45) is 1.71. The van der Waals surface area contributed by atoms with Crippen molar-refractivity contribution in [3.8, 4) is 0 Å². The molecule has 0 spiro atoms. The summed E-state index contributed by atoms with van der Waals surface area (Å²) in [4.78, 5) is 14.0. The topological polar surface area (TPSA) is 38.8 Å². The molecule has 0 bridgehead atoms. The van der Waals surface area contributed by atoms with Crippen LogP contribution in [0.4, 0.5) is 4.79 Å². The fraction of sp³-hybridized carbons (Fsp3) is 0.588. The molecule has 1 aromatic rings. The van der Waals surface area contributed by atoms with Gasteiger partial charge in [0.2, 0.25) is 0 Å². The maximum absolute atomic E-state index is 12.2. The molecule has 1 aliphatic rings. The van der Waals surface area contributed by atoms with Gasteiger partial charge in [0.15, 0.2) is 0 Å². The Hall–Kier alpha value is -1.49. The number of hydrogen-bond donors (Lipinski definition) is 0. The Bertz CT molecular complexity index is 496. The Morgan fingerprint density at radius 3 is 2.64 bits per heavy atom. The van der Waals surface area contributed by atoms with Crippen molar-refractivity contribution < 1.29 is 14.3 Å². The molecule has 2 radical (unpaired) electrons. The van der Waals surface area contributed by atoms with E-state index >= 15 is 0 Å². The highest BCUT2D eigenvalue weighted by Gasteiger charge is 2.32. The van der Waals surface area contributed by atoms with Gasteiger partial charge in [-0.1, -0.05) is 29.7 Å². The molecule has 4 nitrogen and oxygen atoms in total. The summed E-state index contributed by atoms with van der Waals surface area (Å²) >= 11 is 0. The molecule has 0 aromatic heterocycles. The summed E-state index contributed by atoms with van der Waals surface area (Å²) in [5, 5.41) is 0. The van der Waals surface area contributed by atoms with E-state index in [2.05, 4.69) is 0 Å². The minimum Gasteiger partial charge on any atom is -0.444 e. The van der Waals surface area contributed by atoms with Crippen LogP contribution in [0.15, 0.2) is 24.3 Å². The van der Waals surface area contributed by atoms with E-state index in [1.165, 1.54) is 0 Å². The number of benzene rings is 1. The zero-order valence-electron chi connectivity index (χ0n) is 13.7. The Morgan fingerprint density at radius 2 is 2.00 bits per heavy atom. The summed E-state index contributed by atoms with van der Waals surface area (Å²) in [6, 6.07) is 7.73. The molecule has 0 unspecified atom stereocenters. The second-order valence-electron chi connectivity index (χ2n) is 6.73. The molecular formula is C17H24BNO3. The summed E-state index contributed by atoms with van der Waals surface area (Å²) in [5.41, 5.74) is 1.36. The predicted octanol–water partition coefficient (Wildman–Crippen LogP) is 2.40. The molecule has 0 saturated carbocycles. The van der Waals surface area contributed by atoms with Crippen LogP contribution < -0.4 is 5.46 Å². The Labute approximate surface area is 134 Å². The van der Waals surface area contributed by atoms with Crippen molar-refractivity contribution in [2.75, 3.05) is 13.2 Å². The van der Waals surface area contributed by atoms with Gasteiger partial charge in [-0.15, -0.1) is 0 Å². The maximum Gasteiger partial charge on any atom is 0.410 e. The van der Waals surface area contributed by atoms with Crippen molar-refractivity contribution in [3.63, 3.8) is 0 Å². The van der Waals surface area contributed by atoms with Crippen LogP contribution in [-0.2, 0) is 16.1 Å². The zero-order chi connectivity index (χ0) is 16.2. The summed E-state index contributed by atoms with van der Waals surface area (Å²) in [7, 11) is 5.66. The van der Waals surface area contributed by atoms with E-state index in [1.807, 2.05) is 45.0 Å². The number of ether oxygens (including phenoxy) is 2. The molecule has 1 heterocycles. The molecule has 1 atom stereocenters. The molecule has 0 aliphatic carbocycles. The molecule has 118 valence electrons. The van der Waals surface area contributed by atoms with Crippen LogP contribution in [0.1, 0.15) is 39.2 Å². The normalized spacial score (nSPS) is 18.5. The molecule has 1 fully saturated rings. The lowest BCUT2D eigenvalue weighted by atomic mass is 9.95. The van der Waals surface area contributed by atoms with Gasteiger partial charge in [0, 0.05) is 6.54 Å². The molecule has 22 heavy (non-hydrogen) atoms. The second-order valence-corrected chi connectivity index (χ2v) is 6.73. The standard InChI is InChI=1S/C17H24BNO3/c1-17(2,3)22-16(20)19-10-4-5-15(19)12-21-11-13-6-8-14(18)9-7-13/h6-9,15H,4-5,10-12H2,1-3H3/t15-/m0/s1. The lowest BCUT2D eigenvalue weighted by molar-refractivity contribution is 0.00883. The number of hydrogen-bond acceptors (Lipinski definition) is 3. The minimum atomic E-state index is -0.463. The number of nitrogens with zero attached hydrogens (tertiary/aromatic N) is 1. The SMILES string of the molecule is [B]c1ccc(COC[C@@H]2CCCN2C(=O)OC(C)(C)C)cc1. The van der Waals surface area contributed by atoms with Crippen molar-refractivity contribution in [1.82, 2.24) is 4.90 Å². The summed E-state index contributed by atoms with van der Waals surface area (Å²) < 4.78 is 11.2. The van der Waals surface area contributed by atoms with Crippen LogP contribution in [0.5, 0.6) is 0 Å². The van der Waals surface area contributed by atoms with Crippen molar-refractivity contribution in [2.24, 2.45) is 0 Å². The van der Waals surface area contributed by atoms with Crippen molar-refractivity contribution in [1.29, 1.82) is 0 Å². The fourth-order valence-corrected chi connectivity index (χ4v) is 2.50. The lowest BCUT2D eigenvalue weighted by Crippen LogP contribution is -2.41. The molecule has 1 aromatic carbocycles. The average molecular weight is 301 g/mol. The van der Waals surface area contributed by atoms with Crippen molar-refractivity contribution in [2.45, 2.75) is 51.9 Å². The Kier molecular flexibility index (Phi) is 5.51. The van der Waals surface area contributed by atoms with Crippen molar-refractivity contribution >= 4 is 19.4 Å². The van der Waals surface area contributed by atoms with E-state index in [4.69, 9.17) is 17.3 Å². The molecule has 1 aliphatic heterocycles. The summed E-state index contributed by atoms with van der Waals surface area (Å²) in [6.45, 7) is 7.45. The van der Waals surface area contributed by atoms with E-state index in [9.17, 15) is 4.79 Å². The largest absolute Gasteiger partial charge is 0.444 e. The number of rotatable bonds is 4. The van der Waals surface area contributed by atoms with Gasteiger partial charge in [-0.2, -0.15) is 0 Å². The number of amides is 1. The van der Waals surface area contributed by atoms with Gasteiger partial charge in [0.05, 0.1) is 19.3 Å². The monoisotopic (exact) mass is 301 g/mol. The van der Waals surface area contributed by atoms with E-state index in [0.717, 1.165) is 30.4 Å². The predicted molar refractivity (Wildman–Crippen MR) is 87.4 cm³/mol. The van der Waals surface area contributed by atoms with Gasteiger partial charge in [-0.3, -0.25) is 0 Å². The Morgan fingerprint density at radius 1 is 1.32 bits per heavy atom. The highest BCUT2D eigenvalue weighted by molar-refractivity contribution is 6.32. The first-order valence-electron chi connectivity index (χ1n) is 7.77. The van der Waals surface area contributed by atoms with Gasteiger partial charge in [-0.05, 0) is 39.2 Å². The van der Waals surface area contributed by atoms with Crippen LogP contribution in [0.3, 0.4) is 0 Å². The first-order valence-corrected chi connectivity index (χ1v) is 7.77. The van der Waals surface area contributed by atoms with Gasteiger partial charge in [-0.25, -0.2) is 4.79 Å². The van der Waals surface area contributed by atoms with Crippen LogP contribution in [0.2, 0.25) is 0 Å². The van der Waals surface area contributed by atoms with E-state index in [1.54, 1.807) is 4.90 Å². The number of carbonyl (C=O) groups excluding carboxylic acids is 1. The van der Waals surface area contributed by atoms with Crippen LogP contribution >= 0.6 is 0 Å². The third kappa shape index (κ3) is 5.06. The first kappa shape index (κ1) is 16.9. The zero-order valence-corrected chi connectivity index (χ0v) is 13.7. The maximum atomic E-state index is 12.2. The van der Waals surface area contributed by atoms with Gasteiger partial charge in [0.1, 0.15) is 13.4 Å². The molecule has 2 rings (SSSR count). The molecular weight excluding hydrogens is 277 g/mol. The molecule has 1 amide bonds. The average Bonchev–Trinajstić information content (AvgIpc) is 2.88. The third-order valence-electron chi connectivity index (χ3n) is 3.56. The fourth-order valence-electron chi connectivity index (χ4n) is 2.50. The van der Waals surface area contributed by atoms with E-state index < -0.39 is 5.60 Å². The highest BCUT2D eigenvalue weighted by Crippen LogP contribution is 2.21. The number of carbonyl (C=O) groups is 1. The van der Waals surface area contributed by atoms with Crippen LogP contribution in [0.25, 0.3) is 0 Å². The molecule has 1 saturated heterocycles. The van der Waals surface area contributed by atoms with Gasteiger partial charge >= 0.3 is 6.09 Å². The van der Waals surface area contributed by atoms with E-state index in [0.29, 0.717) is 13.2 Å². The third-order valence-corrected chi connectivity index (χ3v) is 3.56. The molecule has 0 N–H and O–H groups in total. The van der Waals surface area contributed by atoms with E-state index in [-0.39, 0.29) is 12.1 Å². The molecule has 5 heteroatoms. The smallest absolute Gasteiger partial charge is 0.410 e. The minimum absolute atomic E-state index is 0.101. The van der Waals surface area contributed by atoms with Gasteiger partial charge < -0.3 is 14.4 Å². The quantitative estimate of drug-likeness (QED) is 0.802. The number of likely N-dealkylation sites (tertiary alicyclic amines) is 1.